The van der Waals surface area contributed by atoms with Crippen LogP contribution in [0.4, 0.5) is 13.2 Å². The molecule has 0 saturated heterocycles. The van der Waals surface area contributed by atoms with Crippen LogP contribution in [0.15, 0.2) is 45.7 Å². The maximum absolute atomic E-state index is 14.2. The zero-order chi connectivity index (χ0) is 26.5. The molecule has 0 radical (unpaired) electrons. The molecule has 0 bridgehead atoms. The molecule has 1 unspecified atom stereocenters. The second kappa shape index (κ2) is 9.09. The fourth-order valence-corrected chi connectivity index (χ4v) is 4.84. The van der Waals surface area contributed by atoms with Crippen molar-refractivity contribution in [2.24, 2.45) is 5.92 Å². The van der Waals surface area contributed by atoms with Crippen molar-refractivity contribution in [2.75, 3.05) is 6.26 Å². The Morgan fingerprint density at radius 2 is 1.75 bits per heavy atom. The second-order valence-electron chi connectivity index (χ2n) is 9.79. The van der Waals surface area contributed by atoms with Gasteiger partial charge >= 0.3 is 6.18 Å². The highest BCUT2D eigenvalue weighted by molar-refractivity contribution is 7.90. The maximum atomic E-state index is 14.2. The minimum Gasteiger partial charge on any atom is -0.456 e. The Morgan fingerprint density at radius 1 is 1.14 bits per heavy atom. The summed E-state index contributed by atoms with van der Waals surface area (Å²) in [5.74, 6) is -0.726. The third-order valence-corrected chi connectivity index (χ3v) is 7.39. The van der Waals surface area contributed by atoms with E-state index >= 15 is 0 Å². The lowest BCUT2D eigenvalue weighted by Gasteiger charge is -2.29. The van der Waals surface area contributed by atoms with Crippen LogP contribution in [-0.2, 0) is 14.6 Å². The zero-order valence-corrected chi connectivity index (χ0v) is 20.8. The van der Waals surface area contributed by atoms with Gasteiger partial charge in [0.25, 0.3) is 0 Å². The molecule has 4 rings (SSSR count). The summed E-state index contributed by atoms with van der Waals surface area (Å²) in [6.45, 7) is 3.60. The Kier molecular flexibility index (Phi) is 6.56. The van der Waals surface area contributed by atoms with E-state index in [9.17, 15) is 31.6 Å². The van der Waals surface area contributed by atoms with E-state index in [1.54, 1.807) is 19.9 Å². The Labute approximate surface area is 206 Å². The molecule has 1 saturated carbocycles. The molecule has 1 aliphatic carbocycles. The monoisotopic (exact) mass is 521 g/mol. The number of benzene rings is 2. The van der Waals surface area contributed by atoms with Crippen LogP contribution in [0.25, 0.3) is 21.9 Å². The van der Waals surface area contributed by atoms with Crippen molar-refractivity contribution in [3.8, 4) is 6.07 Å². The van der Waals surface area contributed by atoms with Crippen LogP contribution in [0.5, 0.6) is 0 Å². The first kappa shape index (κ1) is 26.0. The molecule has 11 heteroatoms. The fourth-order valence-electron chi connectivity index (χ4n) is 4.20. The summed E-state index contributed by atoms with van der Waals surface area (Å²) < 4.78 is 72.1. The van der Waals surface area contributed by atoms with Crippen LogP contribution < -0.4 is 10.6 Å². The van der Waals surface area contributed by atoms with E-state index < -0.39 is 39.5 Å². The third kappa shape index (κ3) is 5.34. The van der Waals surface area contributed by atoms with Gasteiger partial charge in [-0.25, -0.2) is 8.42 Å². The van der Waals surface area contributed by atoms with Gasteiger partial charge in [-0.1, -0.05) is 26.0 Å². The van der Waals surface area contributed by atoms with Crippen molar-refractivity contribution in [1.82, 2.24) is 10.6 Å². The predicted molar refractivity (Wildman–Crippen MR) is 128 cm³/mol. The van der Waals surface area contributed by atoms with Crippen molar-refractivity contribution in [1.29, 1.82) is 5.26 Å². The number of sulfone groups is 1. The predicted octanol–water partition coefficient (Wildman–Crippen LogP) is 4.77. The Balaban J connectivity index is 1.70. The largest absolute Gasteiger partial charge is 0.456 e. The fraction of sp³-hybridized carbons (Fsp3) is 0.440. The van der Waals surface area contributed by atoms with E-state index in [0.29, 0.717) is 23.6 Å². The molecule has 1 aromatic heterocycles. The average molecular weight is 522 g/mol. The highest BCUT2D eigenvalue weighted by atomic mass is 32.2. The molecule has 2 N–H and O–H groups in total. The van der Waals surface area contributed by atoms with E-state index in [-0.39, 0.29) is 34.0 Å². The molecule has 36 heavy (non-hydrogen) atoms. The number of hydrogen-bond acceptors (Lipinski definition) is 6. The van der Waals surface area contributed by atoms with E-state index in [2.05, 4.69) is 10.6 Å². The summed E-state index contributed by atoms with van der Waals surface area (Å²) in [5.41, 5.74) is -0.750. The van der Waals surface area contributed by atoms with Gasteiger partial charge in [0.2, 0.25) is 5.91 Å². The Morgan fingerprint density at radius 3 is 2.28 bits per heavy atom. The standard InChI is InChI=1S/C25H26F3N3O4S/c1-14(2)10-19(23(32)31-24(13-29)8-9-24)30-22(25(26,27)28)15-4-6-17-18-7-5-16(36(3,33)34)12-21(18)35-20(17)11-15/h4-7,11-12,14,19,22,30H,8-10H2,1-3H3,(H,31,32)/t19-,22?/m0/s1. The molecule has 0 aliphatic heterocycles. The van der Waals surface area contributed by atoms with E-state index in [1.165, 1.54) is 30.3 Å². The lowest BCUT2D eigenvalue weighted by molar-refractivity contribution is -0.161. The molecule has 7 nitrogen and oxygen atoms in total. The number of hydrogen-bond donors (Lipinski definition) is 2. The summed E-state index contributed by atoms with van der Waals surface area (Å²) in [6.07, 6.45) is -2.60. The number of nitriles is 1. The van der Waals surface area contributed by atoms with Gasteiger partial charge in [0.15, 0.2) is 9.84 Å². The lowest BCUT2D eigenvalue weighted by Crippen LogP contribution is -2.52. The molecular formula is C25H26F3N3O4S. The van der Waals surface area contributed by atoms with Crippen molar-refractivity contribution in [2.45, 2.75) is 61.8 Å². The normalized spacial score (nSPS) is 17.2. The van der Waals surface area contributed by atoms with Gasteiger partial charge in [-0.15, -0.1) is 0 Å². The number of amides is 1. The number of rotatable bonds is 8. The van der Waals surface area contributed by atoms with Gasteiger partial charge in [-0.2, -0.15) is 18.4 Å². The second-order valence-corrected chi connectivity index (χ2v) is 11.8. The quantitative estimate of drug-likeness (QED) is 0.442. The van der Waals surface area contributed by atoms with Crippen molar-refractivity contribution in [3.05, 3.63) is 42.0 Å². The summed E-state index contributed by atoms with van der Waals surface area (Å²) in [4.78, 5) is 12.9. The molecule has 1 fully saturated rings. The number of alkyl halides is 3. The number of furan rings is 1. The van der Waals surface area contributed by atoms with Gasteiger partial charge in [0, 0.05) is 23.1 Å². The van der Waals surface area contributed by atoms with Gasteiger partial charge in [0.05, 0.1) is 17.0 Å². The SMILES string of the molecule is CC(C)C[C@H](NC(c1ccc2c(c1)oc1cc(S(C)(=O)=O)ccc12)C(F)(F)F)C(=O)NC1(C#N)CC1. The first-order valence-corrected chi connectivity index (χ1v) is 13.3. The first-order valence-electron chi connectivity index (χ1n) is 11.4. The van der Waals surface area contributed by atoms with Crippen molar-refractivity contribution >= 4 is 37.7 Å². The summed E-state index contributed by atoms with van der Waals surface area (Å²) >= 11 is 0. The number of halogens is 3. The molecule has 2 aromatic carbocycles. The van der Waals surface area contributed by atoms with E-state index in [0.717, 1.165) is 6.26 Å². The van der Waals surface area contributed by atoms with E-state index in [1.807, 2.05) is 6.07 Å². The molecule has 1 heterocycles. The van der Waals surface area contributed by atoms with E-state index in [4.69, 9.17) is 4.42 Å². The molecule has 192 valence electrons. The summed E-state index contributed by atoms with van der Waals surface area (Å²) in [7, 11) is -3.49. The molecule has 1 aliphatic rings. The van der Waals surface area contributed by atoms with Crippen LogP contribution in [0.3, 0.4) is 0 Å². The number of nitrogens with zero attached hydrogens (tertiary/aromatic N) is 1. The molecular weight excluding hydrogens is 495 g/mol. The molecule has 3 aromatic rings. The van der Waals surface area contributed by atoms with Gasteiger partial charge in [-0.05, 0) is 48.9 Å². The number of carbonyl (C=O) groups is 1. The number of fused-ring (bicyclic) bond motifs is 3. The molecule has 1 amide bonds. The Hall–Kier alpha value is -3.10. The third-order valence-electron chi connectivity index (χ3n) is 6.28. The first-order chi connectivity index (χ1) is 16.7. The molecule has 2 atom stereocenters. The number of nitrogens with one attached hydrogen (secondary N) is 2. The molecule has 0 spiro atoms. The number of carbonyl (C=O) groups excluding carboxylic acids is 1. The average Bonchev–Trinajstić information content (AvgIpc) is 3.45. The minimum atomic E-state index is -4.73. The lowest BCUT2D eigenvalue weighted by atomic mass is 9.98. The van der Waals surface area contributed by atoms with Crippen LogP contribution in [0.2, 0.25) is 0 Å². The smallest absolute Gasteiger partial charge is 0.407 e. The van der Waals surface area contributed by atoms with Gasteiger partial charge in [-0.3, -0.25) is 10.1 Å². The van der Waals surface area contributed by atoms with Crippen LogP contribution >= 0.6 is 0 Å². The minimum absolute atomic E-state index is 0.0393. The summed E-state index contributed by atoms with van der Waals surface area (Å²) in [5, 5.41) is 15.5. The maximum Gasteiger partial charge on any atom is 0.407 e. The highest BCUT2D eigenvalue weighted by Gasteiger charge is 2.47. The van der Waals surface area contributed by atoms with Gasteiger partial charge in [0.1, 0.15) is 22.7 Å². The topological polar surface area (TPSA) is 112 Å². The van der Waals surface area contributed by atoms with Crippen molar-refractivity contribution < 1.29 is 30.8 Å². The van der Waals surface area contributed by atoms with Crippen molar-refractivity contribution in [3.63, 3.8) is 0 Å². The van der Waals surface area contributed by atoms with Crippen LogP contribution in [-0.4, -0.2) is 38.3 Å². The van der Waals surface area contributed by atoms with Crippen LogP contribution in [0.1, 0.15) is 44.7 Å². The Bertz CT molecular complexity index is 1470. The summed E-state index contributed by atoms with van der Waals surface area (Å²) in [6, 6.07) is 7.05. The highest BCUT2D eigenvalue weighted by Crippen LogP contribution is 2.38. The van der Waals surface area contributed by atoms with Crippen LogP contribution in [0, 0.1) is 17.2 Å². The van der Waals surface area contributed by atoms with Gasteiger partial charge < -0.3 is 9.73 Å². The zero-order valence-electron chi connectivity index (χ0n) is 19.9.